The van der Waals surface area contributed by atoms with E-state index in [1.54, 1.807) is 55.6 Å². The van der Waals surface area contributed by atoms with Crippen LogP contribution in [0.4, 0.5) is 0 Å². The molecule has 0 bridgehead atoms. The van der Waals surface area contributed by atoms with E-state index in [1.165, 1.54) is 12.1 Å². The highest BCUT2D eigenvalue weighted by molar-refractivity contribution is 7.91. The van der Waals surface area contributed by atoms with Crippen molar-refractivity contribution in [2.24, 2.45) is 0 Å². The van der Waals surface area contributed by atoms with Crippen LogP contribution in [0.2, 0.25) is 0 Å². The molecule has 1 heterocycles. The molecule has 1 aromatic heterocycles. The predicted molar refractivity (Wildman–Crippen MR) is 109 cm³/mol. The molecule has 7 nitrogen and oxygen atoms in total. The van der Waals surface area contributed by atoms with Crippen LogP contribution in [0.1, 0.15) is 5.56 Å². The molecule has 0 spiro atoms. The number of hydrogen-bond donors (Lipinski definition) is 2. The standard InChI is InChI=1S/C21H18N2O5S/c1-13-3-9-16(10-4-13)29(25,26)20-12-18-17(22-21(24)23-18)11-19(20)28-15-7-5-14(27-2)6-8-15/h3-12H,1-2H3,(H2,22,23,24). The lowest BCUT2D eigenvalue weighted by molar-refractivity contribution is 0.412. The Bertz CT molecular complexity index is 1330. The minimum Gasteiger partial charge on any atom is -0.497 e. The van der Waals surface area contributed by atoms with E-state index in [0.29, 0.717) is 22.5 Å². The highest BCUT2D eigenvalue weighted by atomic mass is 32.2. The van der Waals surface area contributed by atoms with E-state index >= 15 is 0 Å². The zero-order valence-electron chi connectivity index (χ0n) is 15.7. The molecule has 0 aliphatic heterocycles. The van der Waals surface area contributed by atoms with Gasteiger partial charge in [0.2, 0.25) is 9.84 Å². The first kappa shape index (κ1) is 18.8. The molecule has 8 heteroatoms. The number of aryl methyl sites for hydroxylation is 1. The van der Waals surface area contributed by atoms with Crippen LogP contribution in [0.5, 0.6) is 17.2 Å². The molecule has 0 aliphatic rings. The third-order valence-electron chi connectivity index (χ3n) is 4.49. The maximum Gasteiger partial charge on any atom is 0.323 e. The van der Waals surface area contributed by atoms with Gasteiger partial charge in [-0.2, -0.15) is 0 Å². The van der Waals surface area contributed by atoms with E-state index in [-0.39, 0.29) is 15.5 Å². The maximum absolute atomic E-state index is 13.3. The number of H-pyrrole nitrogens is 2. The minimum atomic E-state index is -3.89. The fraction of sp³-hybridized carbons (Fsp3) is 0.0952. The molecule has 0 aliphatic carbocycles. The molecule has 4 rings (SSSR count). The Hall–Kier alpha value is -3.52. The Morgan fingerprint density at radius 2 is 1.41 bits per heavy atom. The average molecular weight is 410 g/mol. The Labute approximate surface area is 166 Å². The number of sulfone groups is 1. The van der Waals surface area contributed by atoms with Crippen molar-refractivity contribution in [3.05, 3.63) is 76.7 Å². The van der Waals surface area contributed by atoms with Gasteiger partial charge in [-0.25, -0.2) is 13.2 Å². The lowest BCUT2D eigenvalue weighted by Crippen LogP contribution is -2.04. The van der Waals surface area contributed by atoms with Crippen molar-refractivity contribution in [2.75, 3.05) is 7.11 Å². The molecule has 0 radical (unpaired) electrons. The quantitative estimate of drug-likeness (QED) is 0.521. The van der Waals surface area contributed by atoms with Gasteiger partial charge in [-0.05, 0) is 49.4 Å². The van der Waals surface area contributed by atoms with Crippen LogP contribution >= 0.6 is 0 Å². The lowest BCUT2D eigenvalue weighted by Gasteiger charge is -2.13. The molecule has 0 saturated carbocycles. The largest absolute Gasteiger partial charge is 0.497 e. The van der Waals surface area contributed by atoms with Gasteiger partial charge in [0.05, 0.1) is 23.0 Å². The Morgan fingerprint density at radius 3 is 2.03 bits per heavy atom. The molecule has 2 N–H and O–H groups in total. The summed E-state index contributed by atoms with van der Waals surface area (Å²) in [4.78, 5) is 17.0. The Kier molecular flexibility index (Phi) is 4.63. The first-order valence-electron chi connectivity index (χ1n) is 8.76. The summed E-state index contributed by atoms with van der Waals surface area (Å²) in [5, 5.41) is 0. The molecule has 0 saturated heterocycles. The molecular weight excluding hydrogens is 392 g/mol. The monoisotopic (exact) mass is 410 g/mol. The number of benzene rings is 3. The number of ether oxygens (including phenoxy) is 2. The number of rotatable bonds is 5. The zero-order chi connectivity index (χ0) is 20.6. The number of hydrogen-bond acceptors (Lipinski definition) is 5. The van der Waals surface area contributed by atoms with Crippen molar-refractivity contribution in [3.8, 4) is 17.2 Å². The van der Waals surface area contributed by atoms with E-state index in [4.69, 9.17) is 9.47 Å². The summed E-state index contributed by atoms with van der Waals surface area (Å²) >= 11 is 0. The summed E-state index contributed by atoms with van der Waals surface area (Å²) < 4.78 is 37.6. The number of nitrogens with one attached hydrogen (secondary N) is 2. The van der Waals surface area contributed by atoms with Gasteiger partial charge in [0.1, 0.15) is 22.1 Å². The van der Waals surface area contributed by atoms with Crippen molar-refractivity contribution in [3.63, 3.8) is 0 Å². The van der Waals surface area contributed by atoms with Crippen molar-refractivity contribution >= 4 is 20.9 Å². The average Bonchev–Trinajstić information content (AvgIpc) is 3.07. The third-order valence-corrected chi connectivity index (χ3v) is 6.28. The van der Waals surface area contributed by atoms with E-state index < -0.39 is 15.5 Å². The lowest BCUT2D eigenvalue weighted by atomic mass is 10.2. The van der Waals surface area contributed by atoms with Crippen LogP contribution in [0.3, 0.4) is 0 Å². The Balaban J connectivity index is 1.87. The second-order valence-corrected chi connectivity index (χ2v) is 8.44. The zero-order valence-corrected chi connectivity index (χ0v) is 16.5. The molecule has 148 valence electrons. The van der Waals surface area contributed by atoms with E-state index in [9.17, 15) is 13.2 Å². The van der Waals surface area contributed by atoms with Gasteiger partial charge < -0.3 is 19.4 Å². The number of aromatic amines is 2. The van der Waals surface area contributed by atoms with Gasteiger partial charge in [0, 0.05) is 6.07 Å². The van der Waals surface area contributed by atoms with Gasteiger partial charge in [0.25, 0.3) is 0 Å². The van der Waals surface area contributed by atoms with E-state index in [2.05, 4.69) is 9.97 Å². The fourth-order valence-electron chi connectivity index (χ4n) is 2.95. The summed E-state index contributed by atoms with van der Waals surface area (Å²) in [5.41, 5.74) is 1.34. The van der Waals surface area contributed by atoms with E-state index in [0.717, 1.165) is 5.56 Å². The molecule has 0 amide bonds. The summed E-state index contributed by atoms with van der Waals surface area (Å²) in [6.07, 6.45) is 0. The smallest absolute Gasteiger partial charge is 0.323 e. The van der Waals surface area contributed by atoms with Crippen LogP contribution in [-0.2, 0) is 9.84 Å². The summed E-state index contributed by atoms with van der Waals surface area (Å²) in [6, 6.07) is 16.2. The van der Waals surface area contributed by atoms with Gasteiger partial charge in [-0.3, -0.25) is 0 Å². The molecule has 29 heavy (non-hydrogen) atoms. The van der Waals surface area contributed by atoms with Gasteiger partial charge in [0.15, 0.2) is 0 Å². The summed E-state index contributed by atoms with van der Waals surface area (Å²) in [5.74, 6) is 1.19. The van der Waals surface area contributed by atoms with Crippen molar-refractivity contribution < 1.29 is 17.9 Å². The van der Waals surface area contributed by atoms with Gasteiger partial charge in [-0.15, -0.1) is 0 Å². The molecule has 3 aromatic carbocycles. The van der Waals surface area contributed by atoms with Gasteiger partial charge >= 0.3 is 5.69 Å². The second kappa shape index (κ2) is 7.14. The first-order valence-corrected chi connectivity index (χ1v) is 10.2. The summed E-state index contributed by atoms with van der Waals surface area (Å²) in [7, 11) is -2.33. The van der Waals surface area contributed by atoms with Crippen molar-refractivity contribution in [1.29, 1.82) is 0 Å². The first-order chi connectivity index (χ1) is 13.9. The predicted octanol–water partition coefficient (Wildman–Crippen LogP) is 3.80. The highest BCUT2D eigenvalue weighted by Crippen LogP contribution is 2.35. The van der Waals surface area contributed by atoms with E-state index in [1.807, 2.05) is 6.92 Å². The fourth-order valence-corrected chi connectivity index (χ4v) is 4.33. The van der Waals surface area contributed by atoms with Crippen LogP contribution in [0, 0.1) is 6.92 Å². The van der Waals surface area contributed by atoms with Gasteiger partial charge in [-0.1, -0.05) is 17.7 Å². The van der Waals surface area contributed by atoms with Crippen LogP contribution in [0.25, 0.3) is 11.0 Å². The maximum atomic E-state index is 13.3. The molecule has 4 aromatic rings. The Morgan fingerprint density at radius 1 is 0.828 bits per heavy atom. The SMILES string of the molecule is COc1ccc(Oc2cc3[nH]c(=O)[nH]c3cc2S(=O)(=O)c2ccc(C)cc2)cc1. The van der Waals surface area contributed by atoms with Crippen LogP contribution in [0.15, 0.2) is 75.2 Å². The second-order valence-electron chi connectivity index (χ2n) is 6.52. The number of fused-ring (bicyclic) bond motifs is 1. The normalized spacial score (nSPS) is 11.5. The number of aromatic nitrogens is 2. The van der Waals surface area contributed by atoms with Crippen LogP contribution < -0.4 is 15.2 Å². The van der Waals surface area contributed by atoms with Crippen LogP contribution in [-0.4, -0.2) is 25.5 Å². The van der Waals surface area contributed by atoms with Crippen molar-refractivity contribution in [2.45, 2.75) is 16.7 Å². The number of methoxy groups -OCH3 is 1. The third kappa shape index (κ3) is 3.62. The minimum absolute atomic E-state index is 0.0417. The van der Waals surface area contributed by atoms with Crippen molar-refractivity contribution in [1.82, 2.24) is 9.97 Å². The highest BCUT2D eigenvalue weighted by Gasteiger charge is 2.24. The molecule has 0 fully saturated rings. The summed E-state index contributed by atoms with van der Waals surface area (Å²) in [6.45, 7) is 1.88. The molecule has 0 atom stereocenters. The topological polar surface area (TPSA) is 101 Å². The number of imidazole rings is 1. The molecular formula is C21H18N2O5S. The molecule has 0 unspecified atom stereocenters.